The minimum atomic E-state index is 0.145. The lowest BCUT2D eigenvalue weighted by molar-refractivity contribution is -0.122. The Balaban J connectivity index is 1.46. The highest BCUT2D eigenvalue weighted by Crippen LogP contribution is 2.47. The van der Waals surface area contributed by atoms with Crippen molar-refractivity contribution >= 4 is 17.5 Å². The van der Waals surface area contributed by atoms with Crippen molar-refractivity contribution in [1.82, 2.24) is 5.32 Å². The topological polar surface area (TPSA) is 29.1 Å². The molecule has 2 aromatic rings. The third kappa shape index (κ3) is 3.64. The van der Waals surface area contributed by atoms with Crippen LogP contribution in [0.4, 0.5) is 0 Å². The molecule has 3 heteroatoms. The molecular weight excluding hydrogens is 282 g/mol. The minimum Gasteiger partial charge on any atom is -0.356 e. The van der Waals surface area contributed by atoms with E-state index in [4.69, 9.17) is 11.6 Å². The molecule has 1 aliphatic rings. The molecule has 0 spiro atoms. The molecule has 21 heavy (non-hydrogen) atoms. The minimum absolute atomic E-state index is 0.145. The summed E-state index contributed by atoms with van der Waals surface area (Å²) in [5.74, 6) is 0.718. The van der Waals surface area contributed by atoms with Gasteiger partial charge < -0.3 is 5.32 Å². The van der Waals surface area contributed by atoms with Crippen LogP contribution in [0.1, 0.15) is 23.5 Å². The van der Waals surface area contributed by atoms with Gasteiger partial charge in [0.2, 0.25) is 5.91 Å². The van der Waals surface area contributed by atoms with E-state index < -0.39 is 0 Å². The van der Waals surface area contributed by atoms with Crippen LogP contribution in [0.15, 0.2) is 54.6 Å². The van der Waals surface area contributed by atoms with Crippen LogP contribution in [0.3, 0.4) is 0 Å². The molecule has 1 fully saturated rings. The zero-order valence-electron chi connectivity index (χ0n) is 11.8. The van der Waals surface area contributed by atoms with E-state index in [1.807, 2.05) is 42.5 Å². The summed E-state index contributed by atoms with van der Waals surface area (Å²) in [5, 5.41) is 3.77. The number of benzene rings is 2. The Morgan fingerprint density at radius 1 is 1.14 bits per heavy atom. The Kier molecular flexibility index (Phi) is 4.26. The Morgan fingerprint density at radius 2 is 1.95 bits per heavy atom. The summed E-state index contributed by atoms with van der Waals surface area (Å²) in [7, 11) is 0. The molecule has 2 aromatic carbocycles. The molecular formula is C18H18ClNO. The van der Waals surface area contributed by atoms with Crippen molar-refractivity contribution in [2.45, 2.75) is 18.8 Å². The number of hydrogen-bond acceptors (Lipinski definition) is 1. The molecule has 2 atom stereocenters. The Morgan fingerprint density at radius 3 is 2.71 bits per heavy atom. The fourth-order valence-corrected chi connectivity index (χ4v) is 2.92. The van der Waals surface area contributed by atoms with Crippen LogP contribution >= 0.6 is 11.6 Å². The van der Waals surface area contributed by atoms with Gasteiger partial charge in [-0.2, -0.15) is 0 Å². The van der Waals surface area contributed by atoms with Crippen molar-refractivity contribution in [3.8, 4) is 0 Å². The summed E-state index contributed by atoms with van der Waals surface area (Å²) in [5.41, 5.74) is 2.42. The van der Waals surface area contributed by atoms with Crippen molar-refractivity contribution in [1.29, 1.82) is 0 Å². The molecule has 1 N–H and O–H groups in total. The van der Waals surface area contributed by atoms with Gasteiger partial charge in [-0.25, -0.2) is 0 Å². The van der Waals surface area contributed by atoms with Crippen molar-refractivity contribution in [3.05, 3.63) is 70.7 Å². The van der Waals surface area contributed by atoms with Crippen LogP contribution in [0.2, 0.25) is 5.02 Å². The molecule has 108 valence electrons. The Hall–Kier alpha value is -1.80. The summed E-state index contributed by atoms with van der Waals surface area (Å²) in [6.07, 6.45) is 1.78. The van der Waals surface area contributed by atoms with Crippen LogP contribution in [0.25, 0.3) is 0 Å². The van der Waals surface area contributed by atoms with Gasteiger partial charge in [-0.3, -0.25) is 4.79 Å². The molecule has 0 bridgehead atoms. The van der Waals surface area contributed by atoms with Gasteiger partial charge in [0.25, 0.3) is 0 Å². The van der Waals surface area contributed by atoms with Crippen molar-refractivity contribution in [3.63, 3.8) is 0 Å². The smallest absolute Gasteiger partial charge is 0.223 e. The van der Waals surface area contributed by atoms with E-state index in [0.717, 1.165) is 23.4 Å². The van der Waals surface area contributed by atoms with Crippen molar-refractivity contribution < 1.29 is 4.79 Å². The maximum Gasteiger partial charge on any atom is 0.223 e. The number of rotatable bonds is 5. The monoisotopic (exact) mass is 299 g/mol. The molecule has 0 unspecified atom stereocenters. The molecule has 2 nitrogen and oxygen atoms in total. The average molecular weight is 300 g/mol. The predicted molar refractivity (Wildman–Crippen MR) is 85.5 cm³/mol. The van der Waals surface area contributed by atoms with E-state index in [2.05, 4.69) is 17.4 Å². The molecule has 0 radical (unpaired) electrons. The first kappa shape index (κ1) is 14.2. The molecule has 3 rings (SSSR count). The highest BCUT2D eigenvalue weighted by atomic mass is 35.5. The molecule has 0 heterocycles. The van der Waals surface area contributed by atoms with Gasteiger partial charge in [-0.15, -0.1) is 0 Å². The second-order valence-electron chi connectivity index (χ2n) is 5.53. The summed E-state index contributed by atoms with van der Waals surface area (Å²) in [6, 6.07) is 18.0. The standard InChI is InChI=1S/C18H18ClNO/c19-15-8-4-5-13(11-15)9-10-20-18(21)17-12-16(17)14-6-2-1-3-7-14/h1-8,11,16-17H,9-10,12H2,(H,20,21)/t16-,17-/m0/s1. The first-order valence-corrected chi connectivity index (χ1v) is 7.69. The van der Waals surface area contributed by atoms with Crippen LogP contribution in [0, 0.1) is 5.92 Å². The largest absolute Gasteiger partial charge is 0.356 e. The number of hydrogen-bond donors (Lipinski definition) is 1. The van der Waals surface area contributed by atoms with Gasteiger partial charge in [0, 0.05) is 17.5 Å². The molecule has 0 saturated heterocycles. The normalized spacial score (nSPS) is 20.0. The quantitative estimate of drug-likeness (QED) is 0.894. The first-order chi connectivity index (χ1) is 10.2. The first-order valence-electron chi connectivity index (χ1n) is 7.31. The third-order valence-electron chi connectivity index (χ3n) is 3.96. The van der Waals surface area contributed by atoms with E-state index in [0.29, 0.717) is 12.5 Å². The van der Waals surface area contributed by atoms with E-state index >= 15 is 0 Å². The van der Waals surface area contributed by atoms with Crippen LogP contribution in [-0.2, 0) is 11.2 Å². The average Bonchev–Trinajstić information content (AvgIpc) is 3.29. The number of nitrogens with one attached hydrogen (secondary N) is 1. The summed E-state index contributed by atoms with van der Waals surface area (Å²) in [6.45, 7) is 0.664. The Labute approximate surface area is 130 Å². The molecule has 1 aliphatic carbocycles. The predicted octanol–water partition coefficient (Wildman–Crippen LogP) is 3.80. The lowest BCUT2D eigenvalue weighted by Crippen LogP contribution is -2.27. The SMILES string of the molecule is O=C(NCCc1cccc(Cl)c1)[C@H]1C[C@H]1c1ccccc1. The van der Waals surface area contributed by atoms with E-state index in [1.165, 1.54) is 5.56 Å². The van der Waals surface area contributed by atoms with Crippen LogP contribution in [0.5, 0.6) is 0 Å². The fraction of sp³-hybridized carbons (Fsp3) is 0.278. The zero-order valence-corrected chi connectivity index (χ0v) is 12.5. The molecule has 1 saturated carbocycles. The maximum atomic E-state index is 12.1. The molecule has 0 aliphatic heterocycles. The van der Waals surface area contributed by atoms with Gasteiger partial charge in [0.05, 0.1) is 0 Å². The van der Waals surface area contributed by atoms with Crippen LogP contribution in [-0.4, -0.2) is 12.5 Å². The summed E-state index contributed by atoms with van der Waals surface area (Å²) in [4.78, 5) is 12.1. The highest BCUT2D eigenvalue weighted by molar-refractivity contribution is 6.30. The summed E-state index contributed by atoms with van der Waals surface area (Å²) < 4.78 is 0. The van der Waals surface area contributed by atoms with Gasteiger partial charge in [0.15, 0.2) is 0 Å². The molecule has 1 amide bonds. The number of carbonyl (C=O) groups excluding carboxylic acids is 1. The number of carbonyl (C=O) groups is 1. The van der Waals surface area contributed by atoms with Gasteiger partial charge in [-0.05, 0) is 42.0 Å². The van der Waals surface area contributed by atoms with Gasteiger partial charge in [-0.1, -0.05) is 54.1 Å². The van der Waals surface area contributed by atoms with E-state index in [9.17, 15) is 4.79 Å². The van der Waals surface area contributed by atoms with E-state index in [1.54, 1.807) is 0 Å². The van der Waals surface area contributed by atoms with E-state index in [-0.39, 0.29) is 11.8 Å². The van der Waals surface area contributed by atoms with Crippen molar-refractivity contribution in [2.24, 2.45) is 5.92 Å². The Bertz CT molecular complexity index is 626. The van der Waals surface area contributed by atoms with Gasteiger partial charge >= 0.3 is 0 Å². The van der Waals surface area contributed by atoms with Crippen molar-refractivity contribution in [2.75, 3.05) is 6.54 Å². The zero-order chi connectivity index (χ0) is 14.7. The number of amides is 1. The third-order valence-corrected chi connectivity index (χ3v) is 4.19. The molecule has 0 aromatic heterocycles. The maximum absolute atomic E-state index is 12.1. The van der Waals surface area contributed by atoms with Crippen LogP contribution < -0.4 is 5.32 Å². The van der Waals surface area contributed by atoms with Gasteiger partial charge in [0.1, 0.15) is 0 Å². The highest BCUT2D eigenvalue weighted by Gasteiger charge is 2.43. The lowest BCUT2D eigenvalue weighted by atomic mass is 10.1. The second kappa shape index (κ2) is 6.31. The lowest BCUT2D eigenvalue weighted by Gasteiger charge is -2.05. The number of halogens is 1. The second-order valence-corrected chi connectivity index (χ2v) is 5.97. The summed E-state index contributed by atoms with van der Waals surface area (Å²) >= 11 is 5.95. The fourth-order valence-electron chi connectivity index (χ4n) is 2.71.